The van der Waals surface area contributed by atoms with Crippen molar-refractivity contribution < 1.29 is 5.11 Å². The number of benzene rings is 2. The third-order valence-corrected chi connectivity index (χ3v) is 3.83. The average Bonchev–Trinajstić information content (AvgIpc) is 2.66. The number of hydrogen-bond acceptors (Lipinski definition) is 8. The molecule has 3 aromatic rings. The molecular weight excluding hydrogens is 354 g/mol. The number of aromatic nitrogens is 3. The Hall–Kier alpha value is -3.29. The Morgan fingerprint density at radius 2 is 1.79 bits per heavy atom. The summed E-state index contributed by atoms with van der Waals surface area (Å²) in [5, 5.41) is 26.4. The van der Waals surface area contributed by atoms with Gasteiger partial charge in [0.2, 0.25) is 11.9 Å². The van der Waals surface area contributed by atoms with Gasteiger partial charge in [0.25, 0.3) is 0 Å². The van der Waals surface area contributed by atoms with E-state index in [1.54, 1.807) is 14.0 Å². The van der Waals surface area contributed by atoms with E-state index in [2.05, 4.69) is 35.8 Å². The number of phenolic OH excluding ortho intramolecular Hbond substituents is 1. The molecule has 0 saturated carbocycles. The second kappa shape index (κ2) is 9.59. The molecule has 0 aliphatic rings. The zero-order valence-corrected chi connectivity index (χ0v) is 17.2. The number of aromatic hydroxyl groups is 1. The van der Waals surface area contributed by atoms with Crippen molar-refractivity contribution in [2.24, 2.45) is 10.2 Å². The van der Waals surface area contributed by atoms with Crippen molar-refractivity contribution in [2.45, 2.75) is 34.6 Å². The number of azo groups is 1. The number of anilines is 3. The Balaban J connectivity index is 0.00000136. The van der Waals surface area contributed by atoms with Crippen molar-refractivity contribution in [1.29, 1.82) is 0 Å². The van der Waals surface area contributed by atoms with E-state index in [9.17, 15) is 5.11 Å². The smallest absolute Gasteiger partial charge is 0.232 e. The van der Waals surface area contributed by atoms with Crippen LogP contribution in [-0.2, 0) is 0 Å². The van der Waals surface area contributed by atoms with Crippen LogP contribution >= 0.6 is 0 Å². The second-order valence-corrected chi connectivity index (χ2v) is 5.78. The topological polar surface area (TPSA) is 108 Å². The van der Waals surface area contributed by atoms with E-state index in [4.69, 9.17) is 0 Å². The van der Waals surface area contributed by atoms with Crippen LogP contribution in [0.2, 0.25) is 0 Å². The normalized spacial score (nSPS) is 10.6. The fourth-order valence-electron chi connectivity index (χ4n) is 2.79. The lowest BCUT2D eigenvalue weighted by molar-refractivity contribution is 0.482. The summed E-state index contributed by atoms with van der Waals surface area (Å²) in [7, 11) is 1.57. The SMILES string of the molecule is CC.CCNc1nc(C)nc(Nc2cccc3cc(C)c(N=NC)c(O)c23)n1. The number of aryl methyl sites for hydroxylation is 2. The lowest BCUT2D eigenvalue weighted by Gasteiger charge is -2.13. The highest BCUT2D eigenvalue weighted by Crippen LogP contribution is 2.42. The summed E-state index contributed by atoms with van der Waals surface area (Å²) in [6.07, 6.45) is 0. The molecule has 0 spiro atoms. The van der Waals surface area contributed by atoms with Crippen LogP contribution in [-0.4, -0.2) is 33.7 Å². The summed E-state index contributed by atoms with van der Waals surface area (Å²) in [6.45, 7) is 10.4. The Labute approximate surface area is 165 Å². The van der Waals surface area contributed by atoms with E-state index in [0.717, 1.165) is 10.9 Å². The third kappa shape index (κ3) is 4.51. The Morgan fingerprint density at radius 1 is 1.07 bits per heavy atom. The minimum absolute atomic E-state index is 0.0754. The van der Waals surface area contributed by atoms with E-state index in [0.29, 0.717) is 41.0 Å². The van der Waals surface area contributed by atoms with Gasteiger partial charge >= 0.3 is 0 Å². The molecule has 0 bridgehead atoms. The lowest BCUT2D eigenvalue weighted by Crippen LogP contribution is -2.07. The first kappa shape index (κ1) is 21.0. The van der Waals surface area contributed by atoms with Gasteiger partial charge in [0.05, 0.1) is 5.69 Å². The first-order valence-electron chi connectivity index (χ1n) is 9.32. The zero-order valence-electron chi connectivity index (χ0n) is 17.2. The van der Waals surface area contributed by atoms with Gasteiger partial charge in [-0.2, -0.15) is 25.2 Å². The van der Waals surface area contributed by atoms with Gasteiger partial charge in [-0.1, -0.05) is 26.0 Å². The monoisotopic (exact) mass is 381 g/mol. The van der Waals surface area contributed by atoms with Gasteiger partial charge in [-0.05, 0) is 43.9 Å². The quantitative estimate of drug-likeness (QED) is 0.520. The van der Waals surface area contributed by atoms with Gasteiger partial charge in [-0.15, -0.1) is 0 Å². The molecule has 3 rings (SSSR count). The highest BCUT2D eigenvalue weighted by molar-refractivity contribution is 6.03. The first-order valence-corrected chi connectivity index (χ1v) is 9.32. The Morgan fingerprint density at radius 3 is 2.46 bits per heavy atom. The van der Waals surface area contributed by atoms with Gasteiger partial charge < -0.3 is 15.7 Å². The molecule has 148 valence electrons. The molecule has 3 N–H and O–H groups in total. The first-order chi connectivity index (χ1) is 13.5. The highest BCUT2D eigenvalue weighted by atomic mass is 16.3. The average molecular weight is 381 g/mol. The van der Waals surface area contributed by atoms with Crippen molar-refractivity contribution in [3.8, 4) is 5.75 Å². The molecule has 0 aliphatic carbocycles. The summed E-state index contributed by atoms with van der Waals surface area (Å²) in [4.78, 5) is 12.9. The van der Waals surface area contributed by atoms with Gasteiger partial charge in [-0.3, -0.25) is 0 Å². The summed E-state index contributed by atoms with van der Waals surface area (Å²) < 4.78 is 0. The molecule has 0 aliphatic heterocycles. The fraction of sp³-hybridized carbons (Fsp3) is 0.350. The molecule has 8 nitrogen and oxygen atoms in total. The molecule has 0 fully saturated rings. The number of rotatable bonds is 5. The predicted molar refractivity (Wildman–Crippen MR) is 114 cm³/mol. The minimum atomic E-state index is 0.0754. The summed E-state index contributed by atoms with van der Waals surface area (Å²) in [6, 6.07) is 7.66. The van der Waals surface area contributed by atoms with Crippen molar-refractivity contribution in [1.82, 2.24) is 15.0 Å². The van der Waals surface area contributed by atoms with Crippen LogP contribution in [0.25, 0.3) is 10.8 Å². The fourth-order valence-corrected chi connectivity index (χ4v) is 2.79. The van der Waals surface area contributed by atoms with E-state index >= 15 is 0 Å². The Kier molecular flexibility index (Phi) is 7.20. The van der Waals surface area contributed by atoms with Crippen LogP contribution in [0.5, 0.6) is 5.75 Å². The summed E-state index contributed by atoms with van der Waals surface area (Å²) in [5.74, 6) is 1.58. The molecule has 1 aromatic heterocycles. The van der Waals surface area contributed by atoms with E-state index < -0.39 is 0 Å². The van der Waals surface area contributed by atoms with Gasteiger partial charge in [0.15, 0.2) is 5.75 Å². The maximum Gasteiger partial charge on any atom is 0.232 e. The highest BCUT2D eigenvalue weighted by Gasteiger charge is 2.14. The molecule has 1 heterocycles. The predicted octanol–water partition coefficient (Wildman–Crippen LogP) is 5.26. The number of fused-ring (bicyclic) bond motifs is 1. The van der Waals surface area contributed by atoms with Crippen LogP contribution in [0.4, 0.5) is 23.3 Å². The molecule has 0 amide bonds. The molecule has 8 heteroatoms. The van der Waals surface area contributed by atoms with Crippen LogP contribution in [0, 0.1) is 13.8 Å². The van der Waals surface area contributed by atoms with Crippen molar-refractivity contribution >= 4 is 34.0 Å². The van der Waals surface area contributed by atoms with Crippen LogP contribution in [0.3, 0.4) is 0 Å². The molecule has 28 heavy (non-hydrogen) atoms. The van der Waals surface area contributed by atoms with Crippen molar-refractivity contribution in [3.05, 3.63) is 35.7 Å². The van der Waals surface area contributed by atoms with Crippen LogP contribution in [0.1, 0.15) is 32.2 Å². The van der Waals surface area contributed by atoms with Crippen LogP contribution in [0.15, 0.2) is 34.5 Å². The second-order valence-electron chi connectivity index (χ2n) is 5.78. The summed E-state index contributed by atoms with van der Waals surface area (Å²) in [5.41, 5.74) is 1.98. The maximum atomic E-state index is 10.8. The largest absolute Gasteiger partial charge is 0.505 e. The van der Waals surface area contributed by atoms with Gasteiger partial charge in [0.1, 0.15) is 11.5 Å². The maximum absolute atomic E-state index is 10.8. The van der Waals surface area contributed by atoms with E-state index in [1.165, 1.54) is 0 Å². The lowest BCUT2D eigenvalue weighted by atomic mass is 10.0. The molecule has 0 saturated heterocycles. The summed E-state index contributed by atoms with van der Waals surface area (Å²) >= 11 is 0. The molecule has 0 unspecified atom stereocenters. The number of nitrogens with one attached hydrogen (secondary N) is 2. The van der Waals surface area contributed by atoms with E-state index in [1.807, 2.05) is 52.0 Å². The molecular formula is C20H27N7O. The van der Waals surface area contributed by atoms with Crippen molar-refractivity contribution in [2.75, 3.05) is 24.2 Å². The zero-order chi connectivity index (χ0) is 20.7. The molecule has 0 radical (unpaired) electrons. The van der Waals surface area contributed by atoms with Crippen molar-refractivity contribution in [3.63, 3.8) is 0 Å². The van der Waals surface area contributed by atoms with Gasteiger partial charge in [0, 0.05) is 19.0 Å². The molecule has 0 atom stereocenters. The van der Waals surface area contributed by atoms with Crippen LogP contribution < -0.4 is 10.6 Å². The minimum Gasteiger partial charge on any atom is -0.505 e. The van der Waals surface area contributed by atoms with Gasteiger partial charge in [-0.25, -0.2) is 0 Å². The number of nitrogens with zero attached hydrogens (tertiary/aromatic N) is 5. The standard InChI is InChI=1S/C18H21N7O.C2H6/c1-5-20-17-21-11(3)22-18(24-17)23-13-8-6-7-12-9-10(2)15(25-19-4)16(26)14(12)13;1-2/h6-9,26H,5H2,1-4H3,(H2,20,21,22,23,24);1-2H3. The third-order valence-electron chi connectivity index (χ3n) is 3.83. The molecule has 2 aromatic carbocycles. The number of hydrogen-bond donors (Lipinski definition) is 3. The number of phenols is 1. The Bertz CT molecular complexity index is 986. The van der Waals surface area contributed by atoms with E-state index in [-0.39, 0.29) is 5.75 Å².